The minimum Gasteiger partial charge on any atom is -0.381 e. The van der Waals surface area contributed by atoms with Gasteiger partial charge in [-0.1, -0.05) is 12.1 Å². The zero-order valence-corrected chi connectivity index (χ0v) is 12.5. The molecule has 0 saturated heterocycles. The fourth-order valence-electron chi connectivity index (χ4n) is 2.12. The number of thiazole rings is 1. The van der Waals surface area contributed by atoms with E-state index in [0.29, 0.717) is 12.1 Å². The lowest BCUT2D eigenvalue weighted by molar-refractivity contribution is 0.617. The lowest BCUT2D eigenvalue weighted by Gasteiger charge is -2.08. The van der Waals surface area contributed by atoms with Crippen molar-refractivity contribution in [2.45, 2.75) is 13.5 Å². The van der Waals surface area contributed by atoms with Gasteiger partial charge >= 0.3 is 0 Å². The van der Waals surface area contributed by atoms with Crippen molar-refractivity contribution in [2.75, 3.05) is 5.32 Å². The molecule has 0 fully saturated rings. The molecule has 1 aromatic heterocycles. The molecule has 0 aliphatic heterocycles. The summed E-state index contributed by atoms with van der Waals surface area (Å²) in [6.45, 7) is 2.46. The van der Waals surface area contributed by atoms with E-state index in [1.807, 2.05) is 29.8 Å². The Balaban J connectivity index is 1.66. The molecular weight excluding hydrogens is 283 g/mol. The van der Waals surface area contributed by atoms with Crippen molar-refractivity contribution in [1.29, 1.82) is 0 Å². The zero-order chi connectivity index (χ0) is 14.7. The van der Waals surface area contributed by atoms with Gasteiger partial charge in [-0.15, -0.1) is 11.3 Å². The van der Waals surface area contributed by atoms with Crippen LogP contribution in [0.2, 0.25) is 0 Å². The van der Waals surface area contributed by atoms with Gasteiger partial charge in [0.25, 0.3) is 0 Å². The fraction of sp³-hybridized carbons (Fsp3) is 0.118. The Hall–Kier alpha value is -2.20. The van der Waals surface area contributed by atoms with Crippen LogP contribution in [0.5, 0.6) is 0 Å². The average molecular weight is 298 g/mol. The van der Waals surface area contributed by atoms with Crippen molar-refractivity contribution in [3.05, 3.63) is 71.0 Å². The molecule has 3 rings (SSSR count). The van der Waals surface area contributed by atoms with Crippen LogP contribution in [-0.2, 0) is 6.54 Å². The van der Waals surface area contributed by atoms with Gasteiger partial charge < -0.3 is 5.32 Å². The van der Waals surface area contributed by atoms with E-state index in [1.54, 1.807) is 24.3 Å². The van der Waals surface area contributed by atoms with Crippen molar-refractivity contribution in [3.63, 3.8) is 0 Å². The monoisotopic (exact) mass is 298 g/mol. The van der Waals surface area contributed by atoms with Crippen LogP contribution < -0.4 is 5.32 Å². The highest BCUT2D eigenvalue weighted by Gasteiger charge is 2.01. The summed E-state index contributed by atoms with van der Waals surface area (Å²) in [7, 11) is 0. The van der Waals surface area contributed by atoms with Crippen molar-refractivity contribution in [1.82, 2.24) is 4.98 Å². The lowest BCUT2D eigenvalue weighted by Crippen LogP contribution is -2.00. The molecule has 0 unspecified atom stereocenters. The van der Waals surface area contributed by atoms with Crippen molar-refractivity contribution in [3.8, 4) is 10.6 Å². The molecule has 4 heteroatoms. The Morgan fingerprint density at radius 3 is 2.62 bits per heavy atom. The van der Waals surface area contributed by atoms with Crippen molar-refractivity contribution < 1.29 is 4.39 Å². The van der Waals surface area contributed by atoms with Gasteiger partial charge in [0.1, 0.15) is 10.8 Å². The molecule has 0 saturated carbocycles. The van der Waals surface area contributed by atoms with Gasteiger partial charge in [-0.25, -0.2) is 9.37 Å². The largest absolute Gasteiger partial charge is 0.381 e. The number of anilines is 1. The Morgan fingerprint density at radius 1 is 1.14 bits per heavy atom. The van der Waals surface area contributed by atoms with E-state index in [0.717, 1.165) is 21.8 Å². The maximum absolute atomic E-state index is 13.2. The van der Waals surface area contributed by atoms with E-state index in [-0.39, 0.29) is 5.82 Å². The van der Waals surface area contributed by atoms with Crippen LogP contribution in [0.25, 0.3) is 10.6 Å². The first kappa shape index (κ1) is 13.8. The van der Waals surface area contributed by atoms with Crippen LogP contribution in [0, 0.1) is 12.7 Å². The summed E-state index contributed by atoms with van der Waals surface area (Å²) in [6, 6.07) is 13.4. The molecule has 0 radical (unpaired) electrons. The maximum atomic E-state index is 13.2. The number of nitrogens with one attached hydrogen (secondary N) is 1. The smallest absolute Gasteiger partial charge is 0.126 e. The highest BCUT2D eigenvalue weighted by molar-refractivity contribution is 7.13. The standard InChI is InChI=1S/C17H15FN2S/c1-12-10-13(2-7-16(12)18)11-20-15-5-3-14(4-6-15)17-19-8-9-21-17/h2-10,20H,11H2,1H3. The molecule has 21 heavy (non-hydrogen) atoms. The quantitative estimate of drug-likeness (QED) is 0.743. The Morgan fingerprint density at radius 2 is 1.95 bits per heavy atom. The number of hydrogen-bond acceptors (Lipinski definition) is 3. The molecule has 0 bridgehead atoms. The Kier molecular flexibility index (Phi) is 3.97. The second kappa shape index (κ2) is 6.06. The van der Waals surface area contributed by atoms with E-state index < -0.39 is 0 Å². The number of aromatic nitrogens is 1. The molecule has 2 nitrogen and oxygen atoms in total. The summed E-state index contributed by atoms with van der Waals surface area (Å²) >= 11 is 1.63. The third-order valence-corrected chi connectivity index (χ3v) is 4.11. The van der Waals surface area contributed by atoms with Crippen LogP contribution in [0.4, 0.5) is 10.1 Å². The lowest BCUT2D eigenvalue weighted by atomic mass is 10.1. The number of halogens is 1. The number of aryl methyl sites for hydroxylation is 1. The first-order valence-electron chi connectivity index (χ1n) is 6.71. The molecule has 3 aromatic rings. The zero-order valence-electron chi connectivity index (χ0n) is 11.6. The predicted molar refractivity (Wildman–Crippen MR) is 86.0 cm³/mol. The molecule has 0 atom stereocenters. The number of rotatable bonds is 4. The molecule has 2 aromatic carbocycles. The summed E-state index contributed by atoms with van der Waals surface area (Å²) in [5.74, 6) is -0.161. The number of benzene rings is 2. The second-order valence-corrected chi connectivity index (χ2v) is 5.75. The van der Waals surface area contributed by atoms with E-state index in [9.17, 15) is 4.39 Å². The third kappa shape index (κ3) is 3.28. The highest BCUT2D eigenvalue weighted by Crippen LogP contribution is 2.23. The fourth-order valence-corrected chi connectivity index (χ4v) is 2.76. The van der Waals surface area contributed by atoms with E-state index in [4.69, 9.17) is 0 Å². The molecule has 106 valence electrons. The first-order chi connectivity index (χ1) is 10.2. The minimum atomic E-state index is -0.161. The predicted octanol–water partition coefficient (Wildman–Crippen LogP) is 4.87. The highest BCUT2D eigenvalue weighted by atomic mass is 32.1. The normalized spacial score (nSPS) is 10.6. The van der Waals surface area contributed by atoms with Gasteiger partial charge in [0.2, 0.25) is 0 Å². The number of hydrogen-bond donors (Lipinski definition) is 1. The molecule has 0 aliphatic rings. The van der Waals surface area contributed by atoms with Crippen LogP contribution in [0.15, 0.2) is 54.0 Å². The van der Waals surface area contributed by atoms with Crippen molar-refractivity contribution >= 4 is 17.0 Å². The van der Waals surface area contributed by atoms with Gasteiger partial charge in [-0.3, -0.25) is 0 Å². The SMILES string of the molecule is Cc1cc(CNc2ccc(-c3nccs3)cc2)ccc1F. The van der Waals surface area contributed by atoms with Gasteiger partial charge in [0.15, 0.2) is 0 Å². The summed E-state index contributed by atoms with van der Waals surface area (Å²) in [5.41, 5.74) is 3.90. The molecule has 1 N–H and O–H groups in total. The molecular formula is C17H15FN2S. The van der Waals surface area contributed by atoms with E-state index in [1.165, 1.54) is 6.07 Å². The summed E-state index contributed by atoms with van der Waals surface area (Å²) in [4.78, 5) is 4.29. The van der Waals surface area contributed by atoms with Gasteiger partial charge in [-0.2, -0.15) is 0 Å². The van der Waals surface area contributed by atoms with Crippen LogP contribution in [-0.4, -0.2) is 4.98 Å². The molecule has 0 amide bonds. The minimum absolute atomic E-state index is 0.161. The topological polar surface area (TPSA) is 24.9 Å². The van der Waals surface area contributed by atoms with Gasteiger partial charge in [0.05, 0.1) is 0 Å². The number of nitrogens with zero attached hydrogens (tertiary/aromatic N) is 1. The van der Waals surface area contributed by atoms with Crippen LogP contribution in [0.1, 0.15) is 11.1 Å². The summed E-state index contributed by atoms with van der Waals surface area (Å²) in [5, 5.41) is 6.34. The summed E-state index contributed by atoms with van der Waals surface area (Å²) in [6.07, 6.45) is 1.81. The second-order valence-electron chi connectivity index (χ2n) is 4.85. The molecule has 1 heterocycles. The Labute approximate surface area is 127 Å². The molecule has 0 aliphatic carbocycles. The first-order valence-corrected chi connectivity index (χ1v) is 7.59. The maximum Gasteiger partial charge on any atom is 0.126 e. The van der Waals surface area contributed by atoms with Gasteiger partial charge in [-0.05, 0) is 48.4 Å². The Bertz CT molecular complexity index is 721. The molecule has 0 spiro atoms. The van der Waals surface area contributed by atoms with E-state index in [2.05, 4.69) is 22.4 Å². The van der Waals surface area contributed by atoms with Crippen LogP contribution in [0.3, 0.4) is 0 Å². The van der Waals surface area contributed by atoms with Crippen LogP contribution >= 0.6 is 11.3 Å². The average Bonchev–Trinajstić information content (AvgIpc) is 3.03. The van der Waals surface area contributed by atoms with Crippen molar-refractivity contribution in [2.24, 2.45) is 0 Å². The van der Waals surface area contributed by atoms with Gasteiger partial charge in [0, 0.05) is 29.4 Å². The third-order valence-electron chi connectivity index (χ3n) is 3.28. The summed E-state index contributed by atoms with van der Waals surface area (Å²) < 4.78 is 13.2. The van der Waals surface area contributed by atoms with E-state index >= 15 is 0 Å².